The Labute approximate surface area is 354 Å². The van der Waals surface area contributed by atoms with Gasteiger partial charge in [-0.25, -0.2) is 19.6 Å². The number of benzene rings is 2. The van der Waals surface area contributed by atoms with Crippen molar-refractivity contribution in [3.8, 4) is 11.5 Å². The van der Waals surface area contributed by atoms with Crippen molar-refractivity contribution in [3.05, 3.63) is 70.0 Å². The number of pyridine rings is 2. The minimum atomic E-state index is -5.35. The van der Waals surface area contributed by atoms with Gasteiger partial charge in [-0.05, 0) is 111 Å². The van der Waals surface area contributed by atoms with Crippen molar-refractivity contribution >= 4 is 43.9 Å². The molecule has 0 amide bonds. The fourth-order valence-corrected chi connectivity index (χ4v) is 5.62. The number of rotatable bonds is 8. The number of carbonyl (C=O) groups excluding carboxylic acids is 2. The Morgan fingerprint density at radius 2 is 1.09 bits per heavy atom. The largest absolute Gasteiger partial charge is 0.523 e. The van der Waals surface area contributed by atoms with E-state index in [0.29, 0.717) is 31.2 Å². The van der Waals surface area contributed by atoms with E-state index >= 15 is 0 Å². The van der Waals surface area contributed by atoms with Crippen LogP contribution < -0.4 is 4.74 Å². The Balaban J connectivity index is 0.000000853. The summed E-state index contributed by atoms with van der Waals surface area (Å²) in [7, 11) is -5.35. The molecule has 0 saturated carbocycles. The molecule has 0 spiro atoms. The molecule has 11 nitrogen and oxygen atoms in total. The van der Waals surface area contributed by atoms with Crippen LogP contribution in [0, 0.1) is 13.8 Å². The van der Waals surface area contributed by atoms with E-state index in [9.17, 15) is 36.3 Å². The quantitative estimate of drug-likeness (QED) is 0.102. The first kappa shape index (κ1) is 52.6. The molecule has 0 unspecified atom stereocenters. The minimum Gasteiger partial charge on any atom is -0.508 e. The molecular weight excluding hydrogens is 830 g/mol. The van der Waals surface area contributed by atoms with E-state index in [2.05, 4.69) is 55.7 Å². The zero-order valence-electron chi connectivity index (χ0n) is 33.5. The van der Waals surface area contributed by atoms with E-state index in [-0.39, 0.29) is 62.7 Å². The fourth-order valence-electron chi connectivity index (χ4n) is 5.18. The van der Waals surface area contributed by atoms with Crippen molar-refractivity contribution in [2.45, 2.75) is 107 Å². The van der Waals surface area contributed by atoms with Gasteiger partial charge in [-0.15, -0.1) is 0 Å². The number of nitrogens with zero attached hydrogens (tertiary/aromatic N) is 2. The molecule has 56 heavy (non-hydrogen) atoms. The van der Waals surface area contributed by atoms with E-state index in [0.717, 1.165) is 56.7 Å². The van der Waals surface area contributed by atoms with Gasteiger partial charge < -0.3 is 19.3 Å². The maximum Gasteiger partial charge on any atom is 0.523 e. The number of phenols is 1. The second kappa shape index (κ2) is 21.4. The van der Waals surface area contributed by atoms with Crippen LogP contribution in [0.3, 0.4) is 0 Å². The first-order valence-electron chi connectivity index (χ1n) is 17.4. The number of ether oxygens (including phenoxy) is 3. The summed E-state index contributed by atoms with van der Waals surface area (Å²) in [6.45, 7) is 23.9. The first-order valence-corrected chi connectivity index (χ1v) is 18.8. The molecule has 1 N–H and O–H groups in total. The summed E-state index contributed by atoms with van der Waals surface area (Å²) in [4.78, 5) is 33.1. The number of aromatic hydroxyl groups is 1. The van der Waals surface area contributed by atoms with Crippen molar-refractivity contribution < 1.29 is 87.4 Å². The van der Waals surface area contributed by atoms with Crippen molar-refractivity contribution in [1.82, 2.24) is 9.97 Å². The molecule has 4 rings (SSSR count). The Morgan fingerprint density at radius 1 is 0.679 bits per heavy atom. The SMILES string of the molecule is C.CCOC(=O)c1cc(C)c2cc(O)cc(C(C)(C)C)c2n1.CCOC(=O)c1cc(C)c2cc(OCC)cc(C(C)(C)C)c2n1.CCOS(=O)(=O)C(F)(F)F.[Y]. The number of aryl methyl sites for hydroxylation is 2. The molecular formula is C40H55F3N2O9SY. The fraction of sp³-hybridized carbons (Fsp3) is 0.500. The maximum absolute atomic E-state index is 12.1. The molecule has 0 atom stereocenters. The summed E-state index contributed by atoms with van der Waals surface area (Å²) < 4.78 is 73.0. The predicted octanol–water partition coefficient (Wildman–Crippen LogP) is 9.65. The van der Waals surface area contributed by atoms with Crippen LogP contribution in [0.1, 0.15) is 120 Å². The molecule has 0 aliphatic heterocycles. The number of fused-ring (bicyclic) bond motifs is 2. The van der Waals surface area contributed by atoms with Gasteiger partial charge in [0.25, 0.3) is 0 Å². The van der Waals surface area contributed by atoms with Crippen molar-refractivity contribution in [2.75, 3.05) is 26.4 Å². The van der Waals surface area contributed by atoms with Gasteiger partial charge in [-0.2, -0.15) is 21.6 Å². The second-order valence-electron chi connectivity index (χ2n) is 14.1. The topological polar surface area (TPSA) is 151 Å². The van der Waals surface area contributed by atoms with E-state index in [1.54, 1.807) is 38.1 Å². The molecule has 0 aliphatic carbocycles. The summed E-state index contributed by atoms with van der Waals surface area (Å²) in [5, 5.41) is 11.8. The van der Waals surface area contributed by atoms with E-state index in [1.165, 1.54) is 0 Å². The van der Waals surface area contributed by atoms with Gasteiger partial charge in [0.05, 0.1) is 37.5 Å². The Morgan fingerprint density at radius 3 is 1.43 bits per heavy atom. The molecule has 2 aromatic heterocycles. The monoisotopic (exact) mass is 885 g/mol. The first-order chi connectivity index (χ1) is 24.8. The Bertz CT molecular complexity index is 2080. The maximum atomic E-state index is 12.1. The summed E-state index contributed by atoms with van der Waals surface area (Å²) >= 11 is 0. The smallest absolute Gasteiger partial charge is 0.508 e. The molecule has 1 radical (unpaired) electrons. The van der Waals surface area contributed by atoms with Gasteiger partial charge in [-0.3, -0.25) is 4.18 Å². The number of esters is 2. The summed E-state index contributed by atoms with van der Waals surface area (Å²) in [6, 6.07) is 10.9. The average Bonchev–Trinajstić information content (AvgIpc) is 3.04. The Kier molecular flexibility index (Phi) is 20.1. The zero-order valence-corrected chi connectivity index (χ0v) is 37.2. The third kappa shape index (κ3) is 13.9. The number of phenolic OH excluding ortho intramolecular Hbond substituents is 1. The van der Waals surface area contributed by atoms with Crippen LogP contribution in [0.5, 0.6) is 11.5 Å². The Hall–Kier alpha value is -3.40. The van der Waals surface area contributed by atoms with E-state index < -0.39 is 28.2 Å². The third-order valence-electron chi connectivity index (χ3n) is 7.65. The predicted molar refractivity (Wildman–Crippen MR) is 208 cm³/mol. The standard InChI is InChI=1S/C19H25NO3.C17H21NO3.C3H5F3O3S.CH4.Y/c1-7-22-13-10-14-12(3)9-16(18(21)23-8-2)20-17(14)15(11-13)19(4,5)6;1-6-21-16(20)14-7-10(2)12-8-11(19)9-13(15(12)18-14)17(3,4)5;1-2-9-10(7,8)3(4,5)6;;/h9-11H,7-8H2,1-6H3;7-9,19H,6H2,1-5H3;2H2,1H3;1H4;. The number of aromatic nitrogens is 2. The van der Waals surface area contributed by atoms with Gasteiger partial charge in [-0.1, -0.05) is 49.0 Å². The average molecular weight is 886 g/mol. The van der Waals surface area contributed by atoms with Crippen LogP contribution in [-0.2, 0) is 67.3 Å². The summed E-state index contributed by atoms with van der Waals surface area (Å²) in [5.41, 5.74) is 0.482. The van der Waals surface area contributed by atoms with Crippen LogP contribution in [0.25, 0.3) is 21.8 Å². The number of hydrogen-bond donors (Lipinski definition) is 1. The number of alkyl halides is 3. The van der Waals surface area contributed by atoms with Crippen molar-refractivity contribution in [2.24, 2.45) is 0 Å². The summed E-state index contributed by atoms with van der Waals surface area (Å²) in [5.74, 6) is 0.238. The van der Waals surface area contributed by atoms with Crippen LogP contribution >= 0.6 is 0 Å². The molecule has 4 aromatic rings. The molecule has 0 bridgehead atoms. The molecule has 0 fully saturated rings. The molecule has 16 heteroatoms. The van der Waals surface area contributed by atoms with Gasteiger partial charge in [0.2, 0.25) is 0 Å². The van der Waals surface area contributed by atoms with Crippen LogP contribution in [0.4, 0.5) is 13.2 Å². The molecule has 0 aliphatic rings. The van der Waals surface area contributed by atoms with Gasteiger partial charge in [0.15, 0.2) is 0 Å². The number of halogens is 3. The third-order valence-corrected chi connectivity index (χ3v) is 8.76. The van der Waals surface area contributed by atoms with Crippen LogP contribution in [-0.4, -0.2) is 67.4 Å². The van der Waals surface area contributed by atoms with Gasteiger partial charge >= 0.3 is 27.6 Å². The van der Waals surface area contributed by atoms with Crippen LogP contribution in [0.2, 0.25) is 0 Å². The molecule has 2 heterocycles. The normalized spacial score (nSPS) is 11.6. The van der Waals surface area contributed by atoms with E-state index in [1.807, 2.05) is 32.9 Å². The van der Waals surface area contributed by atoms with Crippen molar-refractivity contribution in [3.63, 3.8) is 0 Å². The number of hydrogen-bond acceptors (Lipinski definition) is 11. The van der Waals surface area contributed by atoms with E-state index in [4.69, 9.17) is 14.2 Å². The second-order valence-corrected chi connectivity index (χ2v) is 15.7. The molecule has 2 aromatic carbocycles. The van der Waals surface area contributed by atoms with Gasteiger partial charge in [0, 0.05) is 43.5 Å². The molecule has 0 saturated heterocycles. The molecule has 309 valence electrons. The summed E-state index contributed by atoms with van der Waals surface area (Å²) in [6.07, 6.45) is 0. The van der Waals surface area contributed by atoms with Gasteiger partial charge in [0.1, 0.15) is 22.9 Å². The zero-order chi connectivity index (χ0) is 41.4. The minimum absolute atomic E-state index is 0. The van der Waals surface area contributed by atoms with Crippen molar-refractivity contribution in [1.29, 1.82) is 0 Å². The van der Waals surface area contributed by atoms with Crippen LogP contribution in [0.15, 0.2) is 36.4 Å². The number of carbonyl (C=O) groups is 2.